The van der Waals surface area contributed by atoms with Crippen molar-refractivity contribution >= 4 is 16.0 Å². The van der Waals surface area contributed by atoms with Crippen molar-refractivity contribution < 1.29 is 26.2 Å². The summed E-state index contributed by atoms with van der Waals surface area (Å²) in [5, 5.41) is 0. The molecular weight excluding hydrogens is 409 g/mol. The second-order valence-electron chi connectivity index (χ2n) is 6.71. The van der Waals surface area contributed by atoms with E-state index in [9.17, 15) is 17.6 Å². The molecule has 0 aliphatic rings. The summed E-state index contributed by atoms with van der Waals surface area (Å²) < 4.78 is 46.6. The van der Waals surface area contributed by atoms with Crippen molar-refractivity contribution in [2.24, 2.45) is 0 Å². The molecule has 0 saturated heterocycles. The number of hydrogen-bond donors (Lipinski definition) is 0. The second kappa shape index (κ2) is 9.58. The van der Waals surface area contributed by atoms with Gasteiger partial charge in [0.05, 0.1) is 25.0 Å². The molecule has 0 bridgehead atoms. The number of nitrogens with zero attached hydrogens (tertiary/aromatic N) is 1. The van der Waals surface area contributed by atoms with Crippen LogP contribution in [0.4, 0.5) is 4.39 Å². The topological polar surface area (TPSA) is 76.8 Å². The molecule has 0 radical (unpaired) electrons. The zero-order chi connectivity index (χ0) is 21.6. The van der Waals surface area contributed by atoms with Crippen LogP contribution in [0.25, 0.3) is 0 Å². The predicted molar refractivity (Wildman–Crippen MR) is 110 cm³/mol. The second-order valence-corrected chi connectivity index (χ2v) is 8.57. The Morgan fingerprint density at radius 3 is 2.27 bits per heavy atom. The van der Waals surface area contributed by atoms with Crippen molar-refractivity contribution in [3.63, 3.8) is 0 Å². The van der Waals surface area contributed by atoms with E-state index >= 15 is 0 Å². The van der Waals surface area contributed by atoms with Gasteiger partial charge in [-0.25, -0.2) is 4.39 Å². The highest BCUT2D eigenvalue weighted by Gasteiger charge is 2.17. The van der Waals surface area contributed by atoms with Gasteiger partial charge in [-0.2, -0.15) is 8.42 Å². The number of furan rings is 1. The van der Waals surface area contributed by atoms with Gasteiger partial charge in [0.2, 0.25) is 5.91 Å². The highest BCUT2D eigenvalue weighted by molar-refractivity contribution is 7.87. The zero-order valence-electron chi connectivity index (χ0n) is 16.5. The molecule has 1 aromatic heterocycles. The molecule has 2 aromatic carbocycles. The molecule has 3 rings (SSSR count). The third kappa shape index (κ3) is 6.18. The number of carbonyl (C=O) groups excluding carboxylic acids is 1. The first-order valence-electron chi connectivity index (χ1n) is 9.40. The van der Waals surface area contributed by atoms with Gasteiger partial charge in [-0.1, -0.05) is 24.3 Å². The number of rotatable bonds is 9. The van der Waals surface area contributed by atoms with Gasteiger partial charge in [0, 0.05) is 6.54 Å². The summed E-state index contributed by atoms with van der Waals surface area (Å²) in [6.45, 7) is 2.07. The zero-order valence-corrected chi connectivity index (χ0v) is 17.3. The number of amides is 1. The number of halogens is 1. The molecule has 0 fully saturated rings. The predicted octanol–water partition coefficient (Wildman–Crippen LogP) is 3.92. The first kappa shape index (κ1) is 21.6. The summed E-state index contributed by atoms with van der Waals surface area (Å²) in [6, 6.07) is 15.9. The van der Waals surface area contributed by atoms with Gasteiger partial charge in [0.25, 0.3) is 0 Å². The van der Waals surface area contributed by atoms with E-state index in [0.29, 0.717) is 17.9 Å². The SMILES string of the molecule is CCS(=O)(=O)Oc1ccc(CN(Cc2ccco2)C(=O)Cc2ccc(F)cc2)cc1. The smallest absolute Gasteiger partial charge is 0.308 e. The van der Waals surface area contributed by atoms with Crippen LogP contribution in [-0.4, -0.2) is 25.0 Å². The molecule has 0 aliphatic carbocycles. The lowest BCUT2D eigenvalue weighted by Gasteiger charge is -2.22. The van der Waals surface area contributed by atoms with Crippen LogP contribution in [-0.2, 0) is 34.4 Å². The summed E-state index contributed by atoms with van der Waals surface area (Å²) in [5.41, 5.74) is 1.51. The van der Waals surface area contributed by atoms with E-state index in [0.717, 1.165) is 5.56 Å². The van der Waals surface area contributed by atoms with Crippen LogP contribution in [0.2, 0.25) is 0 Å². The van der Waals surface area contributed by atoms with E-state index in [1.165, 1.54) is 25.3 Å². The fraction of sp³-hybridized carbons (Fsp3) is 0.227. The maximum absolute atomic E-state index is 13.1. The molecule has 1 heterocycles. The van der Waals surface area contributed by atoms with E-state index in [1.54, 1.807) is 53.4 Å². The van der Waals surface area contributed by atoms with E-state index < -0.39 is 10.1 Å². The van der Waals surface area contributed by atoms with Gasteiger partial charge in [0.15, 0.2) is 0 Å². The van der Waals surface area contributed by atoms with Gasteiger partial charge in [-0.15, -0.1) is 0 Å². The number of carbonyl (C=O) groups is 1. The summed E-state index contributed by atoms with van der Waals surface area (Å²) in [7, 11) is -3.60. The molecule has 0 unspecified atom stereocenters. The minimum Gasteiger partial charge on any atom is -0.467 e. The molecule has 0 N–H and O–H groups in total. The molecule has 0 aliphatic heterocycles. The van der Waals surface area contributed by atoms with Gasteiger partial charge in [0.1, 0.15) is 17.3 Å². The standard InChI is InChI=1S/C22H22FNO5S/c1-2-30(26,27)29-20-11-7-18(8-12-20)15-24(16-21-4-3-13-28-21)22(25)14-17-5-9-19(23)10-6-17/h3-13H,2,14-16H2,1H3. The molecule has 0 saturated carbocycles. The molecule has 0 atom stereocenters. The maximum Gasteiger partial charge on any atom is 0.308 e. The van der Waals surface area contributed by atoms with Crippen LogP contribution in [0.3, 0.4) is 0 Å². The van der Waals surface area contributed by atoms with Crippen LogP contribution >= 0.6 is 0 Å². The third-order valence-electron chi connectivity index (χ3n) is 4.42. The first-order chi connectivity index (χ1) is 14.3. The molecule has 30 heavy (non-hydrogen) atoms. The van der Waals surface area contributed by atoms with E-state index in [-0.39, 0.29) is 36.2 Å². The molecule has 6 nitrogen and oxygen atoms in total. The Kier molecular flexibility index (Phi) is 6.89. The first-order valence-corrected chi connectivity index (χ1v) is 11.0. The molecule has 8 heteroatoms. The Morgan fingerprint density at radius 1 is 1.00 bits per heavy atom. The molecular formula is C22H22FNO5S. The largest absolute Gasteiger partial charge is 0.467 e. The van der Waals surface area contributed by atoms with E-state index in [1.807, 2.05) is 0 Å². The minimum absolute atomic E-state index is 0.121. The van der Waals surface area contributed by atoms with Crippen molar-refractivity contribution in [1.29, 1.82) is 0 Å². The normalized spacial score (nSPS) is 11.3. The minimum atomic E-state index is -3.60. The van der Waals surface area contributed by atoms with Crippen LogP contribution in [0.1, 0.15) is 23.8 Å². The third-order valence-corrected chi connectivity index (χ3v) is 5.58. The average molecular weight is 431 g/mol. The summed E-state index contributed by atoms with van der Waals surface area (Å²) in [6.07, 6.45) is 1.66. The van der Waals surface area contributed by atoms with Crippen LogP contribution in [0.15, 0.2) is 71.3 Å². The maximum atomic E-state index is 13.1. The van der Waals surface area contributed by atoms with Crippen molar-refractivity contribution in [2.75, 3.05) is 5.75 Å². The summed E-state index contributed by atoms with van der Waals surface area (Å²) in [4.78, 5) is 14.5. The number of benzene rings is 2. The van der Waals surface area contributed by atoms with Gasteiger partial charge in [-0.05, 0) is 54.4 Å². The molecule has 158 valence electrons. The summed E-state index contributed by atoms with van der Waals surface area (Å²) in [5.74, 6) is 0.231. The lowest BCUT2D eigenvalue weighted by molar-refractivity contribution is -0.132. The number of hydrogen-bond acceptors (Lipinski definition) is 5. The van der Waals surface area contributed by atoms with Crippen LogP contribution in [0.5, 0.6) is 5.75 Å². The van der Waals surface area contributed by atoms with Crippen molar-refractivity contribution in [2.45, 2.75) is 26.4 Å². The van der Waals surface area contributed by atoms with Crippen LogP contribution in [0, 0.1) is 5.82 Å². The average Bonchev–Trinajstić information content (AvgIpc) is 3.23. The van der Waals surface area contributed by atoms with E-state index in [2.05, 4.69) is 0 Å². The van der Waals surface area contributed by atoms with Crippen molar-refractivity contribution in [3.8, 4) is 5.75 Å². The Hall–Kier alpha value is -3.13. The monoisotopic (exact) mass is 431 g/mol. The highest BCUT2D eigenvalue weighted by Crippen LogP contribution is 2.18. The van der Waals surface area contributed by atoms with E-state index in [4.69, 9.17) is 8.60 Å². The lowest BCUT2D eigenvalue weighted by Crippen LogP contribution is -2.31. The van der Waals surface area contributed by atoms with Crippen LogP contribution < -0.4 is 4.18 Å². The lowest BCUT2D eigenvalue weighted by atomic mass is 10.1. The molecule has 3 aromatic rings. The fourth-order valence-corrected chi connectivity index (χ4v) is 3.31. The highest BCUT2D eigenvalue weighted by atomic mass is 32.2. The van der Waals surface area contributed by atoms with Gasteiger partial charge < -0.3 is 13.5 Å². The Morgan fingerprint density at radius 2 is 1.67 bits per heavy atom. The quantitative estimate of drug-likeness (QED) is 0.480. The summed E-state index contributed by atoms with van der Waals surface area (Å²) >= 11 is 0. The fourth-order valence-electron chi connectivity index (χ4n) is 2.79. The van der Waals surface area contributed by atoms with Gasteiger partial charge >= 0.3 is 10.1 Å². The Balaban J connectivity index is 1.73. The molecule has 0 spiro atoms. The van der Waals surface area contributed by atoms with Crippen molar-refractivity contribution in [1.82, 2.24) is 4.90 Å². The molecule has 1 amide bonds. The van der Waals surface area contributed by atoms with Gasteiger partial charge in [-0.3, -0.25) is 4.79 Å². The van der Waals surface area contributed by atoms with Crippen molar-refractivity contribution in [3.05, 3.63) is 89.6 Å². The Labute approximate surface area is 175 Å². The Bertz CT molecular complexity index is 1060.